The number of rotatable bonds is 2. The van der Waals surface area contributed by atoms with Crippen molar-refractivity contribution in [3.63, 3.8) is 0 Å². The van der Waals surface area contributed by atoms with Gasteiger partial charge < -0.3 is 0 Å². The van der Waals surface area contributed by atoms with E-state index < -0.39 is 0 Å². The van der Waals surface area contributed by atoms with Crippen LogP contribution in [0.1, 0.15) is 50.1 Å². The maximum atomic E-state index is 12.8. The van der Waals surface area contributed by atoms with Crippen molar-refractivity contribution in [2.45, 2.75) is 19.3 Å². The number of anilines is 3. The van der Waals surface area contributed by atoms with Crippen molar-refractivity contribution in [1.29, 1.82) is 0 Å². The Morgan fingerprint density at radius 2 is 1.53 bits per heavy atom. The average molecular weight is 500 g/mol. The molecule has 4 aromatic rings. The Hall–Kier alpha value is -2.98. The molecule has 0 saturated heterocycles. The van der Waals surface area contributed by atoms with Crippen molar-refractivity contribution in [2.75, 3.05) is 4.90 Å². The second-order valence-electron chi connectivity index (χ2n) is 8.60. The van der Waals surface area contributed by atoms with E-state index in [1.165, 1.54) is 32.7 Å². The second kappa shape index (κ2) is 7.01. The number of Topliss-reactive ketones (excluding diaryl/α,β-unsaturated/α-hetero) is 2. The summed E-state index contributed by atoms with van der Waals surface area (Å²) < 4.78 is 2.33. The van der Waals surface area contributed by atoms with Gasteiger partial charge in [-0.25, -0.2) is 0 Å². The zero-order chi connectivity index (χ0) is 22.0. The molecule has 0 bridgehead atoms. The van der Waals surface area contributed by atoms with E-state index in [-0.39, 0.29) is 31.5 Å². The van der Waals surface area contributed by atoms with Crippen LogP contribution in [0, 0.1) is 0 Å². The zero-order valence-corrected chi connectivity index (χ0v) is 20.1. The van der Waals surface area contributed by atoms with Crippen LogP contribution in [0.3, 0.4) is 0 Å². The summed E-state index contributed by atoms with van der Waals surface area (Å²) in [7, 11) is 0. The predicted octanol–water partition coefficient (Wildman–Crippen LogP) is 6.38. The molecule has 0 saturated carbocycles. The van der Waals surface area contributed by atoms with Crippen molar-refractivity contribution in [3.05, 3.63) is 104 Å². The summed E-state index contributed by atoms with van der Waals surface area (Å²) >= 11 is 1.38. The van der Waals surface area contributed by atoms with Gasteiger partial charge in [0.2, 0.25) is 0 Å². The fourth-order valence-electron chi connectivity index (χ4n) is 4.69. The van der Waals surface area contributed by atoms with Crippen molar-refractivity contribution in [3.8, 4) is 0 Å². The molecular weight excluding hydrogens is 481 g/mol. The van der Waals surface area contributed by atoms with E-state index in [1.807, 2.05) is 12.1 Å². The first kappa shape index (κ1) is 19.7. The van der Waals surface area contributed by atoms with Gasteiger partial charge >= 0.3 is 197 Å². The van der Waals surface area contributed by atoms with Gasteiger partial charge in [-0.3, -0.25) is 0 Å². The molecule has 1 aliphatic carbocycles. The number of allylic oxidation sites excluding steroid dienone is 1. The minimum absolute atomic E-state index is 0.0290. The summed E-state index contributed by atoms with van der Waals surface area (Å²) in [5.41, 5.74) is 6.10. The Kier molecular flexibility index (Phi) is 4.31. The molecule has 0 spiro atoms. The molecule has 0 radical (unpaired) electrons. The number of para-hydroxylation sites is 2. The molecule has 3 heterocycles. The van der Waals surface area contributed by atoms with Crippen molar-refractivity contribution < 1.29 is 9.59 Å². The third-order valence-corrected chi connectivity index (χ3v) is 9.35. The van der Waals surface area contributed by atoms with Crippen LogP contribution in [0.5, 0.6) is 0 Å². The molecule has 2 aliphatic rings. The Balaban J connectivity index is 1.54. The Labute approximate surface area is 196 Å². The number of fused-ring (bicyclic) bond motifs is 3. The molecule has 1 aliphatic heterocycles. The molecule has 2 aromatic carbocycles. The minimum atomic E-state index is -0.166. The number of nitrogens with zero attached hydrogens (tertiary/aromatic N) is 1. The molecule has 6 rings (SSSR count). The van der Waals surface area contributed by atoms with E-state index >= 15 is 0 Å². The van der Waals surface area contributed by atoms with Gasteiger partial charge in [-0.05, 0) is 0 Å². The summed E-state index contributed by atoms with van der Waals surface area (Å²) in [4.78, 5) is 28.0. The van der Waals surface area contributed by atoms with Gasteiger partial charge in [-0.15, -0.1) is 0 Å². The van der Waals surface area contributed by atoms with Crippen molar-refractivity contribution >= 4 is 59.4 Å². The number of ketones is 2. The molecule has 32 heavy (non-hydrogen) atoms. The normalized spacial score (nSPS) is 16.1. The molecule has 0 unspecified atom stereocenters. The van der Waals surface area contributed by atoms with Gasteiger partial charge in [0, 0.05) is 0 Å². The first-order valence-electron chi connectivity index (χ1n) is 10.4. The van der Waals surface area contributed by atoms with Gasteiger partial charge in [0.25, 0.3) is 0 Å². The summed E-state index contributed by atoms with van der Waals surface area (Å²) in [5, 5.41) is 3.56. The molecule has 0 N–H and O–H groups in total. The Morgan fingerprint density at radius 3 is 2.25 bits per heavy atom. The second-order valence-corrected chi connectivity index (χ2v) is 11.6. The molecule has 5 heteroatoms. The van der Waals surface area contributed by atoms with Crippen molar-refractivity contribution in [1.82, 2.24) is 0 Å². The topological polar surface area (TPSA) is 37.4 Å². The predicted molar refractivity (Wildman–Crippen MR) is 131 cm³/mol. The van der Waals surface area contributed by atoms with Crippen LogP contribution < -0.4 is 4.90 Å². The fraction of sp³-hybridized carbons (Fsp3) is 0.111. The molecule has 0 fully saturated rings. The van der Waals surface area contributed by atoms with Crippen LogP contribution >= 0.6 is 11.3 Å². The summed E-state index contributed by atoms with van der Waals surface area (Å²) in [6, 6.07) is 21.2. The average Bonchev–Trinajstić information content (AvgIpc) is 3.50. The monoisotopic (exact) mass is 501 g/mol. The Bertz CT molecular complexity index is 1410. The van der Waals surface area contributed by atoms with Gasteiger partial charge in [-0.1, -0.05) is 0 Å². The summed E-state index contributed by atoms with van der Waals surface area (Å²) in [6.07, 6.45) is 1.84. The molecule has 2 aromatic heterocycles. The van der Waals surface area contributed by atoms with Crippen LogP contribution in [0.15, 0.2) is 77.0 Å². The van der Waals surface area contributed by atoms with Crippen molar-refractivity contribution in [2.24, 2.45) is 0 Å². The fourth-order valence-corrected chi connectivity index (χ4v) is 8.21. The SMILES string of the molecule is CC1(C)c2ccccc2N(c2ccccc2)c2[se]c(C=C3C(=O)c4cscc4C3=O)cc21. The molecule has 0 amide bonds. The van der Waals surface area contributed by atoms with E-state index in [2.05, 4.69) is 73.3 Å². The summed E-state index contributed by atoms with van der Waals surface area (Å²) in [6.45, 7) is 4.52. The van der Waals surface area contributed by atoms with Crippen LogP contribution in [0.25, 0.3) is 6.08 Å². The number of carbonyl (C=O) groups is 2. The molecule has 156 valence electrons. The molecule has 3 nitrogen and oxygen atoms in total. The number of benzene rings is 2. The van der Waals surface area contributed by atoms with E-state index in [0.717, 1.165) is 10.1 Å². The third kappa shape index (κ3) is 2.72. The molecule has 0 atom stereocenters. The van der Waals surface area contributed by atoms with Gasteiger partial charge in [0.1, 0.15) is 0 Å². The number of hydrogen-bond acceptors (Lipinski definition) is 4. The van der Waals surface area contributed by atoms with Crippen LogP contribution in [-0.2, 0) is 5.41 Å². The standard InChI is InChI=1S/C27H19NO2SSe/c1-27(2)21-10-6-7-11-23(21)28(16-8-4-3-5-9-16)26-22(27)13-17(32-26)12-18-24(29)19-14-31-15-20(19)25(18)30/h3-15H,1-2H3. The van der Waals surface area contributed by atoms with Crippen LogP contribution in [0.2, 0.25) is 0 Å². The van der Waals surface area contributed by atoms with Crippen LogP contribution in [-0.4, -0.2) is 26.1 Å². The molecular formula is C27H19NO2SSe. The van der Waals surface area contributed by atoms with Gasteiger partial charge in [-0.2, -0.15) is 0 Å². The van der Waals surface area contributed by atoms with E-state index in [0.29, 0.717) is 16.7 Å². The van der Waals surface area contributed by atoms with Gasteiger partial charge in [0.05, 0.1) is 0 Å². The Morgan fingerprint density at radius 1 is 0.875 bits per heavy atom. The van der Waals surface area contributed by atoms with E-state index in [4.69, 9.17) is 0 Å². The maximum absolute atomic E-state index is 12.8. The number of hydrogen-bond donors (Lipinski definition) is 0. The number of thiophene rings is 1. The zero-order valence-electron chi connectivity index (χ0n) is 17.6. The van der Waals surface area contributed by atoms with Crippen LogP contribution in [0.4, 0.5) is 15.9 Å². The third-order valence-electron chi connectivity index (χ3n) is 6.37. The number of carbonyl (C=O) groups excluding carboxylic acids is 2. The summed E-state index contributed by atoms with van der Waals surface area (Å²) in [5.74, 6) is -0.287. The quantitative estimate of drug-likeness (QED) is 0.182. The van der Waals surface area contributed by atoms with E-state index in [9.17, 15) is 9.59 Å². The van der Waals surface area contributed by atoms with Gasteiger partial charge in [0.15, 0.2) is 0 Å². The van der Waals surface area contributed by atoms with E-state index in [1.54, 1.807) is 10.8 Å². The first-order chi connectivity index (χ1) is 15.5. The first-order valence-corrected chi connectivity index (χ1v) is 13.1.